The maximum atomic E-state index is 5.78. The van der Waals surface area contributed by atoms with Crippen LogP contribution in [0.4, 0.5) is 0 Å². The summed E-state index contributed by atoms with van der Waals surface area (Å²) in [5.41, 5.74) is 2.39. The summed E-state index contributed by atoms with van der Waals surface area (Å²) in [6.45, 7) is 1.60. The Labute approximate surface area is 148 Å². The van der Waals surface area contributed by atoms with Gasteiger partial charge >= 0.3 is 0 Å². The Balaban J connectivity index is 1.69. The summed E-state index contributed by atoms with van der Waals surface area (Å²) in [6.07, 6.45) is 3.58. The van der Waals surface area contributed by atoms with Gasteiger partial charge in [0.25, 0.3) is 0 Å². The molecular formula is C18H23ClN4O. The number of rotatable bonds is 7. The Bertz CT molecular complexity index is 641. The molecule has 1 aromatic carbocycles. The fraction of sp³-hybridized carbons (Fsp3) is 0.333. The smallest absolute Gasteiger partial charge is 0.190 e. The van der Waals surface area contributed by atoms with Crippen LogP contribution in [0.5, 0.6) is 5.75 Å². The summed E-state index contributed by atoms with van der Waals surface area (Å²) in [4.78, 5) is 8.30. The third-order valence-electron chi connectivity index (χ3n) is 3.58. The molecule has 2 rings (SSSR count). The number of guanidine groups is 1. The second-order valence-corrected chi connectivity index (χ2v) is 5.65. The zero-order valence-electron chi connectivity index (χ0n) is 14.1. The lowest BCUT2D eigenvalue weighted by Crippen LogP contribution is -2.39. The lowest BCUT2D eigenvalue weighted by molar-refractivity contribution is 0.414. The summed E-state index contributed by atoms with van der Waals surface area (Å²) in [5, 5.41) is 7.12. The Kier molecular flexibility index (Phi) is 7.36. The number of nitrogens with zero attached hydrogens (tertiary/aromatic N) is 2. The van der Waals surface area contributed by atoms with Crippen molar-refractivity contribution in [2.45, 2.75) is 12.8 Å². The van der Waals surface area contributed by atoms with Crippen molar-refractivity contribution >= 4 is 17.6 Å². The SMILES string of the molecule is CN=C(NCCc1ccc(OC)cc1)NCCc1ccc(Cl)nc1. The van der Waals surface area contributed by atoms with Crippen molar-refractivity contribution in [2.75, 3.05) is 27.2 Å². The summed E-state index contributed by atoms with van der Waals surface area (Å²) in [6, 6.07) is 11.9. The maximum Gasteiger partial charge on any atom is 0.190 e. The fourth-order valence-electron chi connectivity index (χ4n) is 2.22. The van der Waals surface area contributed by atoms with Crippen molar-refractivity contribution in [1.82, 2.24) is 15.6 Å². The highest BCUT2D eigenvalue weighted by atomic mass is 35.5. The van der Waals surface area contributed by atoms with Gasteiger partial charge in [0.1, 0.15) is 10.9 Å². The Morgan fingerprint density at radius 2 is 1.67 bits per heavy atom. The molecule has 0 unspecified atom stereocenters. The summed E-state index contributed by atoms with van der Waals surface area (Å²) < 4.78 is 5.16. The molecule has 0 fully saturated rings. The first-order valence-corrected chi connectivity index (χ1v) is 8.27. The number of aromatic nitrogens is 1. The molecule has 6 heteroatoms. The zero-order valence-corrected chi connectivity index (χ0v) is 14.8. The maximum absolute atomic E-state index is 5.78. The van der Waals surface area contributed by atoms with Gasteiger partial charge in [-0.15, -0.1) is 0 Å². The topological polar surface area (TPSA) is 58.5 Å². The second-order valence-electron chi connectivity index (χ2n) is 5.26. The molecule has 0 aliphatic heterocycles. The van der Waals surface area contributed by atoms with Crippen LogP contribution in [0.1, 0.15) is 11.1 Å². The van der Waals surface area contributed by atoms with E-state index >= 15 is 0 Å². The molecule has 1 heterocycles. The molecular weight excluding hydrogens is 324 g/mol. The van der Waals surface area contributed by atoms with E-state index in [2.05, 4.69) is 32.7 Å². The molecule has 0 amide bonds. The van der Waals surface area contributed by atoms with Gasteiger partial charge < -0.3 is 15.4 Å². The van der Waals surface area contributed by atoms with E-state index in [4.69, 9.17) is 16.3 Å². The van der Waals surface area contributed by atoms with Crippen LogP contribution in [-0.4, -0.2) is 38.2 Å². The quantitative estimate of drug-likeness (QED) is 0.460. The minimum absolute atomic E-state index is 0.516. The van der Waals surface area contributed by atoms with E-state index in [1.807, 2.05) is 18.2 Å². The van der Waals surface area contributed by atoms with Gasteiger partial charge in [0.15, 0.2) is 5.96 Å². The van der Waals surface area contributed by atoms with Gasteiger partial charge in [-0.1, -0.05) is 29.8 Å². The van der Waals surface area contributed by atoms with Gasteiger partial charge in [0.2, 0.25) is 0 Å². The highest BCUT2D eigenvalue weighted by Crippen LogP contribution is 2.11. The Hall–Kier alpha value is -2.27. The van der Waals surface area contributed by atoms with Gasteiger partial charge in [-0.05, 0) is 42.2 Å². The van der Waals surface area contributed by atoms with Crippen LogP contribution in [0.15, 0.2) is 47.6 Å². The third kappa shape index (κ3) is 6.08. The van der Waals surface area contributed by atoms with Crippen LogP contribution in [0.25, 0.3) is 0 Å². The summed E-state index contributed by atoms with van der Waals surface area (Å²) in [5.74, 6) is 1.67. The van der Waals surface area contributed by atoms with Crippen LogP contribution in [0.3, 0.4) is 0 Å². The molecule has 2 N–H and O–H groups in total. The molecule has 0 saturated carbocycles. The second kappa shape index (κ2) is 9.78. The van der Waals surface area contributed by atoms with E-state index in [0.717, 1.165) is 43.2 Å². The molecule has 0 atom stereocenters. The molecule has 5 nitrogen and oxygen atoms in total. The summed E-state index contributed by atoms with van der Waals surface area (Å²) in [7, 11) is 3.44. The number of hydrogen-bond acceptors (Lipinski definition) is 3. The van der Waals surface area contributed by atoms with Gasteiger partial charge in [0, 0.05) is 26.3 Å². The molecule has 0 aliphatic carbocycles. The van der Waals surface area contributed by atoms with Crippen LogP contribution < -0.4 is 15.4 Å². The first-order chi connectivity index (χ1) is 11.7. The highest BCUT2D eigenvalue weighted by Gasteiger charge is 2.00. The van der Waals surface area contributed by atoms with Crippen molar-refractivity contribution in [3.63, 3.8) is 0 Å². The predicted octanol–water partition coefficient (Wildman–Crippen LogP) is 2.69. The number of nitrogens with one attached hydrogen (secondary N) is 2. The molecule has 2 aromatic rings. The number of hydrogen-bond donors (Lipinski definition) is 2. The van der Waals surface area contributed by atoms with Gasteiger partial charge in [-0.3, -0.25) is 4.99 Å². The number of ether oxygens (including phenoxy) is 1. The molecule has 128 valence electrons. The van der Waals surface area contributed by atoms with E-state index in [-0.39, 0.29) is 0 Å². The van der Waals surface area contributed by atoms with Gasteiger partial charge in [-0.25, -0.2) is 4.98 Å². The van der Waals surface area contributed by atoms with Crippen molar-refractivity contribution in [3.8, 4) is 5.75 Å². The highest BCUT2D eigenvalue weighted by molar-refractivity contribution is 6.29. The van der Waals surface area contributed by atoms with Crippen LogP contribution in [0, 0.1) is 0 Å². The van der Waals surface area contributed by atoms with Crippen molar-refractivity contribution in [1.29, 1.82) is 0 Å². The Morgan fingerprint density at radius 3 is 2.21 bits per heavy atom. The van der Waals surface area contributed by atoms with Crippen LogP contribution in [-0.2, 0) is 12.8 Å². The van der Waals surface area contributed by atoms with Crippen molar-refractivity contribution in [2.24, 2.45) is 4.99 Å². The van der Waals surface area contributed by atoms with Gasteiger partial charge in [0.05, 0.1) is 7.11 Å². The third-order valence-corrected chi connectivity index (χ3v) is 3.81. The number of aliphatic imine (C=N–C) groups is 1. The van der Waals surface area contributed by atoms with Crippen LogP contribution >= 0.6 is 11.6 Å². The number of methoxy groups -OCH3 is 1. The number of benzene rings is 1. The largest absolute Gasteiger partial charge is 0.497 e. The fourth-order valence-corrected chi connectivity index (χ4v) is 2.33. The molecule has 0 aliphatic rings. The van der Waals surface area contributed by atoms with Crippen molar-refractivity contribution < 1.29 is 4.74 Å². The zero-order chi connectivity index (χ0) is 17.2. The first kappa shape index (κ1) is 18.1. The molecule has 0 radical (unpaired) electrons. The molecule has 0 spiro atoms. The first-order valence-electron chi connectivity index (χ1n) is 7.89. The molecule has 1 aromatic heterocycles. The lowest BCUT2D eigenvalue weighted by Gasteiger charge is -2.12. The van der Waals surface area contributed by atoms with E-state index < -0.39 is 0 Å². The molecule has 24 heavy (non-hydrogen) atoms. The van der Waals surface area contributed by atoms with Crippen molar-refractivity contribution in [3.05, 3.63) is 58.9 Å². The lowest BCUT2D eigenvalue weighted by atomic mass is 10.1. The average Bonchev–Trinajstić information content (AvgIpc) is 2.62. The average molecular weight is 347 g/mol. The monoisotopic (exact) mass is 346 g/mol. The van der Waals surface area contributed by atoms with E-state index in [1.54, 1.807) is 26.4 Å². The number of halogens is 1. The predicted molar refractivity (Wildman–Crippen MR) is 99.0 cm³/mol. The standard InChI is InChI=1S/C18H23ClN4O/c1-20-18(22-12-10-15-5-8-17(19)23-13-15)21-11-9-14-3-6-16(24-2)7-4-14/h3-8,13H,9-12H2,1-2H3,(H2,20,21,22). The molecule has 0 bridgehead atoms. The molecule has 0 saturated heterocycles. The number of pyridine rings is 1. The Morgan fingerprint density at radius 1 is 1.04 bits per heavy atom. The van der Waals surface area contributed by atoms with Gasteiger partial charge in [-0.2, -0.15) is 0 Å². The van der Waals surface area contributed by atoms with E-state index in [9.17, 15) is 0 Å². The minimum Gasteiger partial charge on any atom is -0.497 e. The van der Waals surface area contributed by atoms with E-state index in [0.29, 0.717) is 5.15 Å². The summed E-state index contributed by atoms with van der Waals surface area (Å²) >= 11 is 5.78. The normalized spacial score (nSPS) is 11.2. The van der Waals surface area contributed by atoms with Crippen LogP contribution in [0.2, 0.25) is 5.15 Å². The minimum atomic E-state index is 0.516. The van der Waals surface area contributed by atoms with E-state index in [1.165, 1.54) is 5.56 Å².